The van der Waals surface area contributed by atoms with Crippen molar-refractivity contribution in [1.29, 1.82) is 0 Å². The average molecular weight is 261 g/mol. The van der Waals surface area contributed by atoms with Crippen LogP contribution in [-0.4, -0.2) is 17.3 Å². The average Bonchev–Trinajstić information content (AvgIpc) is 2.46. The molecule has 1 aromatic rings. The van der Waals surface area contributed by atoms with Crippen LogP contribution in [0.25, 0.3) is 0 Å². The first-order valence-electron chi connectivity index (χ1n) is 7.69. The van der Waals surface area contributed by atoms with E-state index in [1.54, 1.807) is 0 Å². The summed E-state index contributed by atoms with van der Waals surface area (Å²) in [7, 11) is 0. The Labute approximate surface area is 117 Å². The van der Waals surface area contributed by atoms with Crippen molar-refractivity contribution in [2.24, 2.45) is 11.7 Å². The molecule has 3 atom stereocenters. The first-order valence-corrected chi connectivity index (χ1v) is 7.69. The van der Waals surface area contributed by atoms with Crippen molar-refractivity contribution in [3.63, 3.8) is 0 Å². The molecule has 0 aromatic heterocycles. The summed E-state index contributed by atoms with van der Waals surface area (Å²) >= 11 is 0. The van der Waals surface area contributed by atoms with Gasteiger partial charge in [0.2, 0.25) is 0 Å². The zero-order valence-corrected chi connectivity index (χ0v) is 12.0. The van der Waals surface area contributed by atoms with Crippen LogP contribution in [0.5, 0.6) is 0 Å². The van der Waals surface area contributed by atoms with Crippen molar-refractivity contribution in [1.82, 2.24) is 0 Å². The number of nitrogens with two attached hydrogens (primary N) is 1. The Hall–Kier alpha value is -0.860. The van der Waals surface area contributed by atoms with Gasteiger partial charge in [0.25, 0.3) is 0 Å². The first kappa shape index (κ1) is 14.5. The van der Waals surface area contributed by atoms with Gasteiger partial charge in [-0.15, -0.1) is 0 Å². The lowest BCUT2D eigenvalue weighted by molar-refractivity contribution is -0.0675. The number of benzene rings is 1. The van der Waals surface area contributed by atoms with Crippen LogP contribution in [0.4, 0.5) is 0 Å². The molecule has 3 N–H and O–H groups in total. The molecular weight excluding hydrogens is 234 g/mol. The van der Waals surface area contributed by atoms with E-state index >= 15 is 0 Å². The van der Waals surface area contributed by atoms with Gasteiger partial charge < -0.3 is 10.8 Å². The van der Waals surface area contributed by atoms with Crippen LogP contribution >= 0.6 is 0 Å². The molecule has 19 heavy (non-hydrogen) atoms. The smallest absolute Gasteiger partial charge is 0.0756 e. The van der Waals surface area contributed by atoms with Crippen LogP contribution in [0.2, 0.25) is 0 Å². The van der Waals surface area contributed by atoms with Crippen molar-refractivity contribution in [2.45, 2.75) is 57.0 Å². The van der Waals surface area contributed by atoms with E-state index in [4.69, 9.17) is 5.73 Å². The van der Waals surface area contributed by atoms with Crippen LogP contribution in [-0.2, 0) is 0 Å². The fourth-order valence-electron chi connectivity index (χ4n) is 3.73. The Morgan fingerprint density at radius 2 is 2.05 bits per heavy atom. The van der Waals surface area contributed by atoms with E-state index in [9.17, 15) is 5.11 Å². The molecule has 0 bridgehead atoms. The van der Waals surface area contributed by atoms with Crippen LogP contribution in [0.1, 0.15) is 56.9 Å². The highest BCUT2D eigenvalue weighted by molar-refractivity contribution is 5.24. The summed E-state index contributed by atoms with van der Waals surface area (Å²) < 4.78 is 0. The van der Waals surface area contributed by atoms with Gasteiger partial charge in [-0.05, 0) is 31.4 Å². The Morgan fingerprint density at radius 3 is 2.68 bits per heavy atom. The van der Waals surface area contributed by atoms with E-state index in [0.717, 1.165) is 32.1 Å². The van der Waals surface area contributed by atoms with E-state index in [0.29, 0.717) is 6.54 Å². The minimum Gasteiger partial charge on any atom is -0.389 e. The third-order valence-corrected chi connectivity index (χ3v) is 4.75. The summed E-state index contributed by atoms with van der Waals surface area (Å²) in [5.41, 5.74) is 6.63. The van der Waals surface area contributed by atoms with Gasteiger partial charge in [0.05, 0.1) is 5.60 Å². The minimum atomic E-state index is -0.607. The second kappa shape index (κ2) is 6.53. The molecule has 106 valence electrons. The summed E-state index contributed by atoms with van der Waals surface area (Å²) in [5.74, 6) is 0.477. The van der Waals surface area contributed by atoms with Crippen LogP contribution in [0.15, 0.2) is 30.3 Å². The summed E-state index contributed by atoms with van der Waals surface area (Å²) in [6, 6.07) is 10.5. The van der Waals surface area contributed by atoms with Crippen molar-refractivity contribution in [2.75, 3.05) is 6.54 Å². The predicted octanol–water partition coefficient (Wildman–Crippen LogP) is 3.45. The van der Waals surface area contributed by atoms with Gasteiger partial charge in [-0.3, -0.25) is 0 Å². The van der Waals surface area contributed by atoms with Gasteiger partial charge in [-0.25, -0.2) is 0 Å². The highest BCUT2D eigenvalue weighted by Gasteiger charge is 2.44. The molecule has 3 unspecified atom stereocenters. The number of hydrogen-bond acceptors (Lipinski definition) is 2. The first-order chi connectivity index (χ1) is 9.22. The van der Waals surface area contributed by atoms with E-state index < -0.39 is 5.60 Å². The highest BCUT2D eigenvalue weighted by Crippen LogP contribution is 2.46. The Kier molecular flexibility index (Phi) is 5.00. The fourth-order valence-corrected chi connectivity index (χ4v) is 3.73. The molecule has 0 heterocycles. The topological polar surface area (TPSA) is 46.2 Å². The Balaban J connectivity index is 2.28. The lowest BCUT2D eigenvalue weighted by Crippen LogP contribution is -2.48. The van der Waals surface area contributed by atoms with E-state index in [2.05, 4.69) is 31.2 Å². The lowest BCUT2D eigenvalue weighted by Gasteiger charge is -2.45. The molecule has 0 saturated heterocycles. The normalized spacial score (nSPS) is 29.1. The second-order valence-corrected chi connectivity index (χ2v) is 5.92. The maximum atomic E-state index is 11.3. The number of hydrogen-bond donors (Lipinski definition) is 2. The molecule has 0 spiro atoms. The molecule has 1 aromatic carbocycles. The highest BCUT2D eigenvalue weighted by atomic mass is 16.3. The van der Waals surface area contributed by atoms with Crippen LogP contribution in [0, 0.1) is 5.92 Å². The monoisotopic (exact) mass is 261 g/mol. The third-order valence-electron chi connectivity index (χ3n) is 4.75. The van der Waals surface area contributed by atoms with E-state index in [-0.39, 0.29) is 11.8 Å². The van der Waals surface area contributed by atoms with Gasteiger partial charge in [0.1, 0.15) is 0 Å². The maximum absolute atomic E-state index is 11.3. The SMILES string of the molecule is CCCC(CN)C1(O)CCCCC1c1ccccc1. The van der Waals surface area contributed by atoms with E-state index in [1.807, 2.05) is 6.07 Å². The molecule has 2 rings (SSSR count). The van der Waals surface area contributed by atoms with Crippen LogP contribution in [0.3, 0.4) is 0 Å². The summed E-state index contributed by atoms with van der Waals surface area (Å²) in [4.78, 5) is 0. The van der Waals surface area contributed by atoms with Gasteiger partial charge in [0, 0.05) is 11.8 Å². The molecule has 0 radical (unpaired) electrons. The summed E-state index contributed by atoms with van der Waals surface area (Å²) in [5, 5.41) is 11.3. The molecule has 1 aliphatic carbocycles. The van der Waals surface area contributed by atoms with Gasteiger partial charge >= 0.3 is 0 Å². The maximum Gasteiger partial charge on any atom is 0.0756 e. The zero-order valence-electron chi connectivity index (χ0n) is 12.0. The summed E-state index contributed by atoms with van der Waals surface area (Å²) in [6.07, 6.45) is 6.43. The molecule has 1 fully saturated rings. The molecule has 0 aliphatic heterocycles. The van der Waals surface area contributed by atoms with Gasteiger partial charge in [-0.2, -0.15) is 0 Å². The Bertz CT molecular complexity index is 378. The minimum absolute atomic E-state index is 0.225. The molecular formula is C17H27NO. The quantitative estimate of drug-likeness (QED) is 0.852. The summed E-state index contributed by atoms with van der Waals surface area (Å²) in [6.45, 7) is 2.76. The van der Waals surface area contributed by atoms with Crippen molar-refractivity contribution in [3.8, 4) is 0 Å². The largest absolute Gasteiger partial charge is 0.389 e. The van der Waals surface area contributed by atoms with Crippen molar-refractivity contribution >= 4 is 0 Å². The van der Waals surface area contributed by atoms with Gasteiger partial charge in [-0.1, -0.05) is 56.5 Å². The third kappa shape index (κ3) is 3.01. The van der Waals surface area contributed by atoms with Crippen molar-refractivity contribution < 1.29 is 5.11 Å². The van der Waals surface area contributed by atoms with Gasteiger partial charge in [0.15, 0.2) is 0 Å². The van der Waals surface area contributed by atoms with E-state index in [1.165, 1.54) is 12.0 Å². The molecule has 0 amide bonds. The lowest BCUT2D eigenvalue weighted by atomic mass is 9.65. The molecule has 1 saturated carbocycles. The van der Waals surface area contributed by atoms with Crippen LogP contribution < -0.4 is 5.73 Å². The second-order valence-electron chi connectivity index (χ2n) is 5.92. The number of aliphatic hydroxyl groups is 1. The molecule has 2 heteroatoms. The fraction of sp³-hybridized carbons (Fsp3) is 0.647. The standard InChI is InChI=1S/C17H27NO/c1-2-8-15(13-18)17(19)12-7-6-11-16(17)14-9-4-3-5-10-14/h3-5,9-10,15-16,19H,2,6-8,11-13,18H2,1H3. The Morgan fingerprint density at radius 1 is 1.32 bits per heavy atom. The molecule has 1 aliphatic rings. The zero-order chi connectivity index (χ0) is 13.7. The number of rotatable bonds is 5. The van der Waals surface area contributed by atoms with Crippen molar-refractivity contribution in [3.05, 3.63) is 35.9 Å². The predicted molar refractivity (Wildman–Crippen MR) is 80.1 cm³/mol. The molecule has 2 nitrogen and oxygen atoms in total.